The number of carbonyl (C=O) groups excluding carboxylic acids is 1. The lowest BCUT2D eigenvalue weighted by atomic mass is 10.2. The Balaban J connectivity index is 2.30. The van der Waals surface area contributed by atoms with E-state index in [4.69, 9.17) is 4.84 Å². The van der Waals surface area contributed by atoms with Crippen molar-refractivity contribution in [2.24, 2.45) is 14.1 Å². The molecule has 7 heteroatoms. The highest BCUT2D eigenvalue weighted by atomic mass is 16.7. The van der Waals surface area contributed by atoms with Crippen LogP contribution in [0.2, 0.25) is 0 Å². The number of hydroxylamine groups is 1. The van der Waals surface area contributed by atoms with E-state index in [1.807, 2.05) is 0 Å². The lowest BCUT2D eigenvalue weighted by Gasteiger charge is -2.20. The van der Waals surface area contributed by atoms with E-state index in [1.165, 1.54) is 31.8 Å². The van der Waals surface area contributed by atoms with E-state index in [9.17, 15) is 14.4 Å². The Bertz CT molecular complexity index is 777. The first-order valence-corrected chi connectivity index (χ1v) is 6.20. The number of benzene rings is 1. The summed E-state index contributed by atoms with van der Waals surface area (Å²) in [5, 5.41) is 1.10. The molecule has 0 saturated heterocycles. The zero-order chi connectivity index (χ0) is 15.6. The highest BCUT2D eigenvalue weighted by Gasteiger charge is 2.15. The lowest BCUT2D eigenvalue weighted by molar-refractivity contribution is 0.0471. The summed E-state index contributed by atoms with van der Waals surface area (Å²) >= 11 is 0. The average molecular weight is 289 g/mol. The van der Waals surface area contributed by atoms with E-state index in [-0.39, 0.29) is 5.82 Å². The quantitative estimate of drug-likeness (QED) is 0.759. The van der Waals surface area contributed by atoms with Gasteiger partial charge in [0.05, 0.1) is 5.56 Å². The molecule has 0 fully saturated rings. The van der Waals surface area contributed by atoms with Crippen molar-refractivity contribution in [2.75, 3.05) is 12.1 Å². The van der Waals surface area contributed by atoms with Gasteiger partial charge in [-0.3, -0.25) is 13.9 Å². The summed E-state index contributed by atoms with van der Waals surface area (Å²) in [4.78, 5) is 40.6. The van der Waals surface area contributed by atoms with Crippen LogP contribution in [0.25, 0.3) is 0 Å². The van der Waals surface area contributed by atoms with Crippen LogP contribution >= 0.6 is 0 Å². The SMILES string of the molecule is CN(OC(=O)c1ccccc1)c1cc(=O)n(C)c(=O)n1C. The van der Waals surface area contributed by atoms with Gasteiger partial charge < -0.3 is 4.84 Å². The van der Waals surface area contributed by atoms with Crippen molar-refractivity contribution in [3.8, 4) is 0 Å². The molecule has 0 bridgehead atoms. The van der Waals surface area contributed by atoms with Gasteiger partial charge in [0.25, 0.3) is 5.56 Å². The molecular weight excluding hydrogens is 274 g/mol. The van der Waals surface area contributed by atoms with E-state index in [0.717, 1.165) is 9.63 Å². The highest BCUT2D eigenvalue weighted by molar-refractivity contribution is 5.89. The zero-order valence-corrected chi connectivity index (χ0v) is 11.9. The maximum Gasteiger partial charge on any atom is 0.363 e. The van der Waals surface area contributed by atoms with Gasteiger partial charge in [-0.05, 0) is 12.1 Å². The van der Waals surface area contributed by atoms with Crippen LogP contribution in [-0.4, -0.2) is 22.2 Å². The Hall–Kier alpha value is -2.83. The fourth-order valence-corrected chi connectivity index (χ4v) is 1.82. The van der Waals surface area contributed by atoms with Gasteiger partial charge in [0.15, 0.2) is 5.82 Å². The molecule has 0 N–H and O–H groups in total. The second-order valence-corrected chi connectivity index (χ2v) is 4.48. The van der Waals surface area contributed by atoms with Gasteiger partial charge >= 0.3 is 11.7 Å². The van der Waals surface area contributed by atoms with Crippen LogP contribution in [0, 0.1) is 0 Å². The minimum absolute atomic E-state index is 0.187. The first-order valence-electron chi connectivity index (χ1n) is 6.20. The molecule has 2 rings (SSSR count). The minimum Gasteiger partial charge on any atom is -0.334 e. The van der Waals surface area contributed by atoms with Gasteiger partial charge in [0.1, 0.15) is 0 Å². The van der Waals surface area contributed by atoms with Crippen molar-refractivity contribution >= 4 is 11.8 Å². The Morgan fingerprint density at radius 2 is 1.71 bits per heavy atom. The van der Waals surface area contributed by atoms with Crippen LogP contribution in [0.4, 0.5) is 5.82 Å². The van der Waals surface area contributed by atoms with Gasteiger partial charge in [-0.15, -0.1) is 0 Å². The third-order valence-electron chi connectivity index (χ3n) is 3.05. The molecule has 1 aromatic carbocycles. The second kappa shape index (κ2) is 5.66. The van der Waals surface area contributed by atoms with Crippen molar-refractivity contribution in [2.45, 2.75) is 0 Å². The lowest BCUT2D eigenvalue weighted by Crippen LogP contribution is -2.39. The maximum atomic E-state index is 11.9. The normalized spacial score (nSPS) is 10.2. The highest BCUT2D eigenvalue weighted by Crippen LogP contribution is 2.09. The molecule has 1 aromatic heterocycles. The molecule has 0 saturated carbocycles. The van der Waals surface area contributed by atoms with Gasteiger partial charge in [0, 0.05) is 27.2 Å². The van der Waals surface area contributed by atoms with Crippen LogP contribution in [0.15, 0.2) is 46.0 Å². The van der Waals surface area contributed by atoms with Crippen LogP contribution in [0.1, 0.15) is 10.4 Å². The van der Waals surface area contributed by atoms with Crippen molar-refractivity contribution in [3.63, 3.8) is 0 Å². The first kappa shape index (κ1) is 14.6. The molecule has 2 aromatic rings. The number of nitrogens with zero attached hydrogens (tertiary/aromatic N) is 3. The van der Waals surface area contributed by atoms with E-state index in [0.29, 0.717) is 5.56 Å². The molecule has 0 radical (unpaired) electrons. The number of anilines is 1. The molecule has 0 aliphatic rings. The average Bonchev–Trinajstić information content (AvgIpc) is 2.49. The van der Waals surface area contributed by atoms with E-state index in [2.05, 4.69) is 0 Å². The van der Waals surface area contributed by atoms with Crippen molar-refractivity contribution in [1.82, 2.24) is 9.13 Å². The van der Waals surface area contributed by atoms with Gasteiger partial charge in [-0.25, -0.2) is 9.59 Å². The minimum atomic E-state index is -0.578. The van der Waals surface area contributed by atoms with Crippen LogP contribution in [0.3, 0.4) is 0 Å². The Kier molecular flexibility index (Phi) is 3.93. The Morgan fingerprint density at radius 3 is 2.33 bits per heavy atom. The first-order chi connectivity index (χ1) is 9.91. The number of hydrogen-bond donors (Lipinski definition) is 0. The summed E-state index contributed by atoms with van der Waals surface area (Å²) in [6, 6.07) is 9.65. The fraction of sp³-hybridized carbons (Fsp3) is 0.214. The largest absolute Gasteiger partial charge is 0.363 e. The predicted octanol–water partition coefficient (Wildman–Crippen LogP) is 0.292. The molecule has 0 unspecified atom stereocenters. The van der Waals surface area contributed by atoms with E-state index in [1.54, 1.807) is 30.3 Å². The van der Waals surface area contributed by atoms with E-state index >= 15 is 0 Å². The summed E-state index contributed by atoms with van der Waals surface area (Å²) in [6.07, 6.45) is 0. The molecule has 7 nitrogen and oxygen atoms in total. The fourth-order valence-electron chi connectivity index (χ4n) is 1.82. The molecule has 21 heavy (non-hydrogen) atoms. The summed E-state index contributed by atoms with van der Waals surface area (Å²) in [6.45, 7) is 0. The molecule has 1 heterocycles. The standard InChI is InChI=1S/C14H15N3O4/c1-15-11(9-12(18)16(2)14(15)20)17(3)21-13(19)10-7-5-4-6-8-10/h4-9H,1-3H3. The van der Waals surface area contributed by atoms with Gasteiger partial charge in [-0.2, -0.15) is 5.06 Å². The van der Waals surface area contributed by atoms with Crippen molar-refractivity contribution in [1.29, 1.82) is 0 Å². The molecule has 0 atom stereocenters. The molecule has 0 aliphatic carbocycles. The topological polar surface area (TPSA) is 73.5 Å². The van der Waals surface area contributed by atoms with Crippen molar-refractivity contribution in [3.05, 3.63) is 62.8 Å². The summed E-state index contributed by atoms with van der Waals surface area (Å²) < 4.78 is 2.19. The number of carbonyl (C=O) groups is 1. The molecule has 0 spiro atoms. The number of aromatic nitrogens is 2. The van der Waals surface area contributed by atoms with Crippen molar-refractivity contribution < 1.29 is 9.63 Å². The van der Waals surface area contributed by atoms with Crippen LogP contribution in [-0.2, 0) is 18.9 Å². The Morgan fingerprint density at radius 1 is 1.10 bits per heavy atom. The maximum absolute atomic E-state index is 11.9. The summed E-state index contributed by atoms with van der Waals surface area (Å²) in [5.41, 5.74) is -0.603. The smallest absolute Gasteiger partial charge is 0.334 e. The zero-order valence-electron chi connectivity index (χ0n) is 11.9. The monoisotopic (exact) mass is 289 g/mol. The Labute approximate surface area is 120 Å². The third-order valence-corrected chi connectivity index (χ3v) is 3.05. The van der Waals surface area contributed by atoms with Crippen LogP contribution in [0.5, 0.6) is 0 Å². The predicted molar refractivity (Wildman–Crippen MR) is 77.2 cm³/mol. The van der Waals surface area contributed by atoms with Crippen LogP contribution < -0.4 is 16.3 Å². The van der Waals surface area contributed by atoms with Gasteiger partial charge in [0.2, 0.25) is 0 Å². The summed E-state index contributed by atoms with van der Waals surface area (Å²) in [7, 11) is 4.32. The molecule has 0 amide bonds. The third kappa shape index (κ3) is 2.86. The molecule has 0 aliphatic heterocycles. The number of rotatable bonds is 3. The summed E-state index contributed by atoms with van der Waals surface area (Å²) in [5.74, 6) is -0.390. The second-order valence-electron chi connectivity index (χ2n) is 4.48. The van der Waals surface area contributed by atoms with Gasteiger partial charge in [-0.1, -0.05) is 18.2 Å². The van der Waals surface area contributed by atoms with E-state index < -0.39 is 17.2 Å². The molecule has 110 valence electrons. The molecular formula is C14H15N3O4. The number of hydrogen-bond acceptors (Lipinski definition) is 5.